The molecule has 1 aliphatic heterocycles. The second kappa shape index (κ2) is 3.52. The third-order valence-electron chi connectivity index (χ3n) is 4.58. The van der Waals surface area contributed by atoms with Gasteiger partial charge in [-0.2, -0.15) is 0 Å². The van der Waals surface area contributed by atoms with Gasteiger partial charge in [0.1, 0.15) is 0 Å². The largest absolute Gasteiger partial charge is 0.311 e. The fourth-order valence-corrected chi connectivity index (χ4v) is 3.40. The first-order valence-electron chi connectivity index (χ1n) is 6.33. The topological polar surface area (TPSA) is 12.0 Å². The zero-order valence-electron chi connectivity index (χ0n) is 10.1. The minimum Gasteiger partial charge on any atom is -0.311 e. The van der Waals surface area contributed by atoms with Gasteiger partial charge in [0.15, 0.2) is 0 Å². The number of fused-ring (bicyclic) bond motifs is 1. The molecule has 1 nitrogen and oxygen atoms in total. The lowest BCUT2D eigenvalue weighted by atomic mass is 9.93. The van der Waals surface area contributed by atoms with E-state index in [-0.39, 0.29) is 0 Å². The van der Waals surface area contributed by atoms with Crippen molar-refractivity contribution >= 4 is 0 Å². The Balaban J connectivity index is 1.93. The molecular weight excluding hydrogens is 170 g/mol. The summed E-state index contributed by atoms with van der Waals surface area (Å²) in [4.78, 5) is 0. The van der Waals surface area contributed by atoms with E-state index in [9.17, 15) is 0 Å². The normalized spacial score (nSPS) is 46.5. The molecule has 1 saturated heterocycles. The molecule has 1 heteroatoms. The van der Waals surface area contributed by atoms with Crippen LogP contribution in [0.2, 0.25) is 0 Å². The van der Waals surface area contributed by atoms with Gasteiger partial charge in [0.2, 0.25) is 0 Å². The molecule has 1 saturated carbocycles. The average Bonchev–Trinajstić information content (AvgIpc) is 2.69. The van der Waals surface area contributed by atoms with Crippen molar-refractivity contribution in [3.8, 4) is 0 Å². The lowest BCUT2D eigenvalue weighted by Crippen LogP contribution is -2.40. The van der Waals surface area contributed by atoms with Crippen LogP contribution in [0.3, 0.4) is 0 Å². The second-order valence-electron chi connectivity index (χ2n) is 6.02. The maximum absolute atomic E-state index is 3.79. The van der Waals surface area contributed by atoms with Crippen molar-refractivity contribution in [2.45, 2.75) is 52.5 Å². The van der Waals surface area contributed by atoms with Crippen LogP contribution in [0.4, 0.5) is 0 Å². The van der Waals surface area contributed by atoms with Crippen LogP contribution in [-0.4, -0.2) is 12.1 Å². The Morgan fingerprint density at radius 1 is 1.43 bits per heavy atom. The highest BCUT2D eigenvalue weighted by Crippen LogP contribution is 2.58. The molecule has 0 radical (unpaired) electrons. The highest BCUT2D eigenvalue weighted by atomic mass is 15.1. The third-order valence-corrected chi connectivity index (χ3v) is 4.58. The van der Waals surface area contributed by atoms with E-state index in [1.807, 2.05) is 0 Å². The van der Waals surface area contributed by atoms with Gasteiger partial charge in [0.25, 0.3) is 0 Å². The van der Waals surface area contributed by atoms with Crippen LogP contribution in [0.15, 0.2) is 0 Å². The van der Waals surface area contributed by atoms with Gasteiger partial charge in [-0.05, 0) is 50.0 Å². The number of hydrogen-bond acceptors (Lipinski definition) is 1. The van der Waals surface area contributed by atoms with Crippen molar-refractivity contribution in [1.29, 1.82) is 0 Å². The van der Waals surface area contributed by atoms with Crippen molar-refractivity contribution in [3.05, 3.63) is 0 Å². The minimum atomic E-state index is 0.524. The zero-order valence-corrected chi connectivity index (χ0v) is 10.1. The maximum atomic E-state index is 3.79. The first kappa shape index (κ1) is 10.5. The Hall–Kier alpha value is -0.0400. The Bertz CT molecular complexity index is 211. The monoisotopic (exact) mass is 195 g/mol. The van der Waals surface area contributed by atoms with Crippen LogP contribution in [0.1, 0.15) is 47.0 Å². The summed E-state index contributed by atoms with van der Waals surface area (Å²) < 4.78 is 0. The van der Waals surface area contributed by atoms with E-state index < -0.39 is 0 Å². The number of piperidine rings is 1. The molecule has 0 amide bonds. The average molecular weight is 195 g/mol. The van der Waals surface area contributed by atoms with Crippen molar-refractivity contribution in [1.82, 2.24) is 5.32 Å². The fraction of sp³-hybridized carbons (Fsp3) is 1.00. The molecule has 14 heavy (non-hydrogen) atoms. The Morgan fingerprint density at radius 3 is 2.71 bits per heavy atom. The number of rotatable bonds is 3. The summed E-state index contributed by atoms with van der Waals surface area (Å²) >= 11 is 0. The highest BCUT2D eigenvalue weighted by molar-refractivity contribution is 5.17. The summed E-state index contributed by atoms with van der Waals surface area (Å²) in [6, 6.07) is 0. The van der Waals surface area contributed by atoms with Crippen molar-refractivity contribution in [2.75, 3.05) is 6.54 Å². The summed E-state index contributed by atoms with van der Waals surface area (Å²) in [6.45, 7) is 10.7. The summed E-state index contributed by atoms with van der Waals surface area (Å²) in [5.74, 6) is 3.78. The molecule has 0 aromatic rings. The molecule has 1 heterocycles. The van der Waals surface area contributed by atoms with Crippen LogP contribution >= 0.6 is 0 Å². The van der Waals surface area contributed by atoms with Gasteiger partial charge in [-0.15, -0.1) is 0 Å². The number of hydrogen-bond donors (Lipinski definition) is 1. The van der Waals surface area contributed by atoms with E-state index in [1.54, 1.807) is 0 Å². The van der Waals surface area contributed by atoms with Gasteiger partial charge < -0.3 is 5.32 Å². The minimum absolute atomic E-state index is 0.524. The van der Waals surface area contributed by atoms with Gasteiger partial charge in [0, 0.05) is 5.54 Å². The van der Waals surface area contributed by atoms with E-state index in [0.717, 1.165) is 23.7 Å². The quantitative estimate of drug-likeness (QED) is 0.730. The molecule has 82 valence electrons. The SMILES string of the molecule is CCC1CNC2(C)C(CC(C)C)[C@@H]2C1. The first-order valence-corrected chi connectivity index (χ1v) is 6.33. The summed E-state index contributed by atoms with van der Waals surface area (Å²) in [5, 5.41) is 3.79. The maximum Gasteiger partial charge on any atom is 0.0216 e. The molecule has 0 spiro atoms. The van der Waals surface area contributed by atoms with E-state index in [0.29, 0.717) is 5.54 Å². The molecule has 2 aliphatic rings. The van der Waals surface area contributed by atoms with Crippen LogP contribution < -0.4 is 5.32 Å². The molecule has 0 bridgehead atoms. The van der Waals surface area contributed by atoms with Gasteiger partial charge in [-0.1, -0.05) is 27.2 Å². The van der Waals surface area contributed by atoms with Crippen molar-refractivity contribution < 1.29 is 0 Å². The summed E-state index contributed by atoms with van der Waals surface area (Å²) in [5.41, 5.74) is 0.524. The smallest absolute Gasteiger partial charge is 0.0216 e. The van der Waals surface area contributed by atoms with Gasteiger partial charge in [-0.25, -0.2) is 0 Å². The molecule has 4 atom stereocenters. The van der Waals surface area contributed by atoms with E-state index in [4.69, 9.17) is 0 Å². The summed E-state index contributed by atoms with van der Waals surface area (Å²) in [7, 11) is 0. The van der Waals surface area contributed by atoms with Crippen LogP contribution in [0.5, 0.6) is 0 Å². The Morgan fingerprint density at radius 2 is 2.14 bits per heavy atom. The van der Waals surface area contributed by atoms with Crippen LogP contribution in [0.25, 0.3) is 0 Å². The van der Waals surface area contributed by atoms with Gasteiger partial charge in [-0.3, -0.25) is 0 Å². The highest BCUT2D eigenvalue weighted by Gasteiger charge is 2.62. The molecular formula is C13H25N. The molecule has 1 N–H and O–H groups in total. The van der Waals surface area contributed by atoms with Crippen molar-refractivity contribution in [3.63, 3.8) is 0 Å². The Kier molecular flexibility index (Phi) is 2.63. The molecule has 0 aromatic heterocycles. The standard InChI is InChI=1S/C13H25N/c1-5-10-7-12-11(6-9(2)3)13(12,4)14-8-10/h9-12,14H,5-8H2,1-4H3/t10?,11?,12-,13?/m0/s1. The van der Waals surface area contributed by atoms with Gasteiger partial charge >= 0.3 is 0 Å². The van der Waals surface area contributed by atoms with E-state index in [2.05, 4.69) is 33.0 Å². The first-order chi connectivity index (χ1) is 6.58. The molecule has 2 rings (SSSR count). The van der Waals surface area contributed by atoms with Crippen LogP contribution in [0, 0.1) is 23.7 Å². The lowest BCUT2D eigenvalue weighted by Gasteiger charge is -2.26. The fourth-order valence-electron chi connectivity index (χ4n) is 3.40. The number of nitrogens with one attached hydrogen (secondary N) is 1. The van der Waals surface area contributed by atoms with Crippen molar-refractivity contribution in [2.24, 2.45) is 23.7 Å². The third kappa shape index (κ3) is 1.60. The zero-order chi connectivity index (χ0) is 10.3. The molecule has 0 aromatic carbocycles. The van der Waals surface area contributed by atoms with Crippen LogP contribution in [-0.2, 0) is 0 Å². The second-order valence-corrected chi connectivity index (χ2v) is 6.02. The van der Waals surface area contributed by atoms with Gasteiger partial charge in [0.05, 0.1) is 0 Å². The molecule has 2 fully saturated rings. The predicted octanol–water partition coefficient (Wildman–Crippen LogP) is 3.06. The summed E-state index contributed by atoms with van der Waals surface area (Å²) in [6.07, 6.45) is 4.26. The Labute approximate surface area is 88.7 Å². The lowest BCUT2D eigenvalue weighted by molar-refractivity contribution is 0.307. The van der Waals surface area contributed by atoms with E-state index >= 15 is 0 Å². The predicted molar refractivity (Wildman–Crippen MR) is 61.2 cm³/mol. The molecule has 3 unspecified atom stereocenters. The van der Waals surface area contributed by atoms with E-state index in [1.165, 1.54) is 25.8 Å². The molecule has 1 aliphatic carbocycles.